The molecule has 2 heterocycles. The highest BCUT2D eigenvalue weighted by Crippen LogP contribution is 2.53. The summed E-state index contributed by atoms with van der Waals surface area (Å²) in [6.07, 6.45) is 1.78. The van der Waals surface area contributed by atoms with Gasteiger partial charge < -0.3 is 19.5 Å². The number of nitrogens with one attached hydrogen (secondary N) is 1. The van der Waals surface area contributed by atoms with Crippen molar-refractivity contribution in [2.24, 2.45) is 0 Å². The van der Waals surface area contributed by atoms with Gasteiger partial charge in [0, 0.05) is 23.9 Å². The smallest absolute Gasteiger partial charge is 0.227 e. The summed E-state index contributed by atoms with van der Waals surface area (Å²) in [4.78, 5) is 0. The second-order valence-corrected chi connectivity index (χ2v) is 8.12. The summed E-state index contributed by atoms with van der Waals surface area (Å²) in [5.41, 5.74) is 6.41. The molecule has 26 heavy (non-hydrogen) atoms. The minimum atomic E-state index is -0.468. The van der Waals surface area contributed by atoms with Crippen LogP contribution in [-0.2, 0) is 4.74 Å². The van der Waals surface area contributed by atoms with Gasteiger partial charge in [-0.3, -0.25) is 0 Å². The van der Waals surface area contributed by atoms with Gasteiger partial charge in [0.15, 0.2) is 0 Å². The van der Waals surface area contributed by atoms with Crippen LogP contribution >= 0.6 is 15.9 Å². The number of hydrogen-bond donors (Lipinski definition) is 1. The first-order chi connectivity index (χ1) is 12.4. The number of benzene rings is 2. The molecular weight excluding hydrogens is 394 g/mol. The topological polar surface area (TPSA) is 39.7 Å². The summed E-state index contributed by atoms with van der Waals surface area (Å²) in [6, 6.07) is 8.14. The van der Waals surface area contributed by atoms with Gasteiger partial charge in [0.1, 0.15) is 11.5 Å². The maximum absolute atomic E-state index is 6.19. The lowest BCUT2D eigenvalue weighted by Gasteiger charge is -2.36. The first-order valence-electron chi connectivity index (χ1n) is 8.57. The Bertz CT molecular complexity index is 933. The lowest BCUT2D eigenvalue weighted by atomic mass is 9.83. The number of ether oxygens (including phenoxy) is 3. The molecule has 0 saturated heterocycles. The van der Waals surface area contributed by atoms with E-state index in [1.165, 1.54) is 5.57 Å². The lowest BCUT2D eigenvalue weighted by molar-refractivity contribution is -0.0580. The second kappa shape index (κ2) is 6.03. The van der Waals surface area contributed by atoms with Crippen molar-refractivity contribution in [1.82, 2.24) is 0 Å². The fourth-order valence-corrected chi connectivity index (χ4v) is 4.53. The Kier molecular flexibility index (Phi) is 4.04. The third-order valence-corrected chi connectivity index (χ3v) is 5.53. The van der Waals surface area contributed by atoms with E-state index in [1.54, 1.807) is 14.2 Å². The molecule has 0 spiro atoms. The maximum atomic E-state index is 6.19. The molecule has 2 aliphatic heterocycles. The number of allylic oxidation sites excluding steroid dienone is 1. The van der Waals surface area contributed by atoms with E-state index in [2.05, 4.69) is 60.2 Å². The summed E-state index contributed by atoms with van der Waals surface area (Å²) in [5.74, 6) is 1.53. The van der Waals surface area contributed by atoms with Crippen LogP contribution in [0, 0.1) is 0 Å². The summed E-state index contributed by atoms with van der Waals surface area (Å²) in [5, 5.41) is 3.60. The summed E-state index contributed by atoms with van der Waals surface area (Å²) in [6.45, 7) is 6.47. The lowest BCUT2D eigenvalue weighted by Crippen LogP contribution is -2.32. The first kappa shape index (κ1) is 17.4. The van der Waals surface area contributed by atoms with Gasteiger partial charge in [-0.1, -0.05) is 12.1 Å². The first-order valence-corrected chi connectivity index (χ1v) is 9.37. The van der Waals surface area contributed by atoms with Crippen LogP contribution in [-0.4, -0.2) is 19.8 Å². The van der Waals surface area contributed by atoms with Crippen LogP contribution < -0.4 is 14.8 Å². The van der Waals surface area contributed by atoms with Crippen LogP contribution in [0.25, 0.3) is 16.7 Å². The van der Waals surface area contributed by atoms with Crippen molar-refractivity contribution in [3.8, 4) is 22.6 Å². The summed E-state index contributed by atoms with van der Waals surface area (Å²) >= 11 is 3.59. The molecule has 0 bridgehead atoms. The van der Waals surface area contributed by atoms with E-state index in [0.717, 1.165) is 43.9 Å². The van der Waals surface area contributed by atoms with Gasteiger partial charge in [0.2, 0.25) is 6.29 Å². The zero-order valence-corrected chi connectivity index (χ0v) is 17.2. The minimum absolute atomic E-state index is 0.0952. The number of halogens is 1. The Morgan fingerprint density at radius 3 is 2.58 bits per heavy atom. The Labute approximate surface area is 162 Å². The molecule has 0 radical (unpaired) electrons. The second-order valence-electron chi connectivity index (χ2n) is 7.26. The summed E-state index contributed by atoms with van der Waals surface area (Å²) < 4.78 is 18.5. The van der Waals surface area contributed by atoms with Crippen LogP contribution in [0.2, 0.25) is 0 Å². The van der Waals surface area contributed by atoms with Gasteiger partial charge in [-0.25, -0.2) is 0 Å². The van der Waals surface area contributed by atoms with Crippen molar-refractivity contribution >= 4 is 27.2 Å². The number of hydrogen-bond acceptors (Lipinski definition) is 4. The van der Waals surface area contributed by atoms with Gasteiger partial charge in [-0.2, -0.15) is 0 Å². The molecule has 136 valence electrons. The molecule has 0 amide bonds. The van der Waals surface area contributed by atoms with E-state index < -0.39 is 6.29 Å². The molecular formula is C21H22BrNO3. The molecule has 1 N–H and O–H groups in total. The molecule has 0 aromatic heterocycles. The summed E-state index contributed by atoms with van der Waals surface area (Å²) in [7, 11) is 3.35. The van der Waals surface area contributed by atoms with Gasteiger partial charge >= 0.3 is 0 Å². The van der Waals surface area contributed by atoms with E-state index in [0.29, 0.717) is 0 Å². The van der Waals surface area contributed by atoms with Crippen molar-refractivity contribution < 1.29 is 14.2 Å². The standard InChI is InChI=1S/C21H22BrNO3/c1-11-10-21(2,3)23-14-8-6-12-17-15(9-7-13(22)19(17)24-4)26-20(25-5)18(12)16(11)14/h6-10,20,23H,1-5H3. The molecule has 0 aliphatic carbocycles. The quantitative estimate of drug-likeness (QED) is 0.675. The molecule has 4 nitrogen and oxygen atoms in total. The predicted octanol–water partition coefficient (Wildman–Crippen LogP) is 5.77. The van der Waals surface area contributed by atoms with E-state index in [9.17, 15) is 0 Å². The Morgan fingerprint density at radius 2 is 1.88 bits per heavy atom. The molecule has 1 atom stereocenters. The van der Waals surface area contributed by atoms with Crippen LogP contribution in [0.1, 0.15) is 38.2 Å². The maximum Gasteiger partial charge on any atom is 0.227 e. The number of fused-ring (bicyclic) bond motifs is 5. The molecule has 1 unspecified atom stereocenters. The highest BCUT2D eigenvalue weighted by atomic mass is 79.9. The fraction of sp³-hybridized carbons (Fsp3) is 0.333. The van der Waals surface area contributed by atoms with Gasteiger partial charge in [-0.15, -0.1) is 0 Å². The zero-order chi connectivity index (χ0) is 18.6. The van der Waals surface area contributed by atoms with Crippen molar-refractivity contribution in [2.45, 2.75) is 32.6 Å². The van der Waals surface area contributed by atoms with Crippen LogP contribution in [0.5, 0.6) is 11.5 Å². The van der Waals surface area contributed by atoms with Crippen LogP contribution in [0.3, 0.4) is 0 Å². The van der Waals surface area contributed by atoms with Gasteiger partial charge in [0.25, 0.3) is 0 Å². The number of rotatable bonds is 2. The highest BCUT2D eigenvalue weighted by molar-refractivity contribution is 9.10. The van der Waals surface area contributed by atoms with E-state index in [1.807, 2.05) is 12.1 Å². The molecule has 4 rings (SSSR count). The predicted molar refractivity (Wildman–Crippen MR) is 108 cm³/mol. The van der Waals surface area contributed by atoms with Crippen molar-refractivity contribution in [3.05, 3.63) is 45.9 Å². The molecule has 2 aromatic carbocycles. The largest absolute Gasteiger partial charge is 0.495 e. The van der Waals surface area contributed by atoms with Crippen molar-refractivity contribution in [1.29, 1.82) is 0 Å². The van der Waals surface area contributed by atoms with Crippen molar-refractivity contribution in [3.63, 3.8) is 0 Å². The third kappa shape index (κ3) is 2.53. The number of methoxy groups -OCH3 is 2. The van der Waals surface area contributed by atoms with Crippen molar-refractivity contribution in [2.75, 3.05) is 19.5 Å². The van der Waals surface area contributed by atoms with E-state index in [-0.39, 0.29) is 5.54 Å². The minimum Gasteiger partial charge on any atom is -0.495 e. The Hall–Kier alpha value is -1.98. The van der Waals surface area contributed by atoms with E-state index >= 15 is 0 Å². The average Bonchev–Trinajstić information content (AvgIpc) is 2.59. The van der Waals surface area contributed by atoms with Crippen LogP contribution in [0.4, 0.5) is 5.69 Å². The Morgan fingerprint density at radius 1 is 1.12 bits per heavy atom. The Balaban J connectivity index is 2.05. The zero-order valence-electron chi connectivity index (χ0n) is 15.6. The van der Waals surface area contributed by atoms with E-state index in [4.69, 9.17) is 14.2 Å². The molecule has 5 heteroatoms. The SMILES string of the molecule is COc1c(Br)ccc2c1-c1ccc3c(c1C(OC)O2)C(C)=CC(C)(C)N3. The highest BCUT2D eigenvalue weighted by Gasteiger charge is 2.35. The monoisotopic (exact) mass is 415 g/mol. The normalized spacial score (nSPS) is 19.3. The third-order valence-electron chi connectivity index (χ3n) is 4.90. The average molecular weight is 416 g/mol. The van der Waals surface area contributed by atoms with Crippen LogP contribution in [0.15, 0.2) is 34.8 Å². The number of anilines is 1. The molecule has 0 saturated carbocycles. The molecule has 0 fully saturated rings. The van der Waals surface area contributed by atoms with Gasteiger partial charge in [0.05, 0.1) is 22.7 Å². The molecule has 2 aromatic rings. The van der Waals surface area contributed by atoms with Gasteiger partial charge in [-0.05, 0) is 66.0 Å². The molecule has 2 aliphatic rings. The fourth-order valence-electron chi connectivity index (χ4n) is 4.04.